The molecule has 14 heteroatoms. The van der Waals surface area contributed by atoms with Gasteiger partial charge in [0, 0.05) is 13.1 Å². The predicted molar refractivity (Wildman–Crippen MR) is 99.9 cm³/mol. The molecule has 1 amide bonds. The highest BCUT2D eigenvalue weighted by molar-refractivity contribution is 7.92. The van der Waals surface area contributed by atoms with E-state index in [0.29, 0.717) is 6.07 Å². The van der Waals surface area contributed by atoms with Crippen LogP contribution < -0.4 is 10.0 Å². The van der Waals surface area contributed by atoms with E-state index in [9.17, 15) is 26.4 Å². The second-order valence-corrected chi connectivity index (χ2v) is 7.86. The average Bonchev–Trinajstić information content (AvgIpc) is 3.07. The lowest BCUT2D eigenvalue weighted by atomic mass is 10.2. The van der Waals surface area contributed by atoms with Gasteiger partial charge in [0.05, 0.1) is 30.7 Å². The van der Waals surface area contributed by atoms with Crippen LogP contribution in [0, 0.1) is 0 Å². The Morgan fingerprint density at radius 1 is 1.17 bits per heavy atom. The van der Waals surface area contributed by atoms with Gasteiger partial charge in [0.1, 0.15) is 22.9 Å². The molecule has 0 aliphatic rings. The Balaban J connectivity index is 1.91. The van der Waals surface area contributed by atoms with E-state index in [2.05, 4.69) is 30.0 Å². The zero-order valence-electron chi connectivity index (χ0n) is 15.5. The quantitative estimate of drug-likeness (QED) is 0.618. The maximum Gasteiger partial charge on any atom is 0.433 e. The number of rotatable bonds is 5. The van der Waals surface area contributed by atoms with E-state index >= 15 is 0 Å². The van der Waals surface area contributed by atoms with Crippen LogP contribution in [0.25, 0.3) is 11.5 Å². The van der Waals surface area contributed by atoms with Gasteiger partial charge in [-0.1, -0.05) is 0 Å². The number of anilines is 2. The van der Waals surface area contributed by atoms with E-state index in [-0.39, 0.29) is 23.0 Å². The summed E-state index contributed by atoms with van der Waals surface area (Å²) in [5, 5.41) is 2.36. The van der Waals surface area contributed by atoms with E-state index in [1.54, 1.807) is 7.05 Å². The van der Waals surface area contributed by atoms with Gasteiger partial charge in [-0.15, -0.1) is 0 Å². The van der Waals surface area contributed by atoms with Crippen LogP contribution in [0.1, 0.15) is 16.2 Å². The second-order valence-electron chi connectivity index (χ2n) is 6.11. The number of alkyl halides is 3. The van der Waals surface area contributed by atoms with Crippen molar-refractivity contribution >= 4 is 27.4 Å². The summed E-state index contributed by atoms with van der Waals surface area (Å²) in [7, 11) is -1.99. The van der Waals surface area contributed by atoms with Crippen molar-refractivity contribution in [3.63, 3.8) is 0 Å². The van der Waals surface area contributed by atoms with Crippen LogP contribution in [-0.4, -0.2) is 45.1 Å². The molecule has 0 radical (unpaired) electrons. The number of nitrogens with zero attached hydrogens (tertiary/aromatic N) is 5. The number of nitrogens with one attached hydrogen (secondary N) is 2. The minimum Gasteiger partial charge on any atom is -0.331 e. The van der Waals surface area contributed by atoms with Crippen molar-refractivity contribution in [2.24, 2.45) is 7.05 Å². The first-order valence-electron chi connectivity index (χ1n) is 8.10. The molecule has 3 rings (SSSR count). The number of aromatic nitrogens is 5. The lowest BCUT2D eigenvalue weighted by Gasteiger charge is -2.11. The average molecular weight is 441 g/mol. The number of imidazole rings is 1. The van der Waals surface area contributed by atoms with Gasteiger partial charge in [-0.25, -0.2) is 28.4 Å². The summed E-state index contributed by atoms with van der Waals surface area (Å²) in [5.41, 5.74) is -1.50. The molecule has 3 heterocycles. The van der Waals surface area contributed by atoms with Crippen molar-refractivity contribution < 1.29 is 26.4 Å². The Hall–Kier alpha value is -3.55. The molecule has 0 aliphatic carbocycles. The molecule has 0 unspecified atom stereocenters. The molecule has 30 heavy (non-hydrogen) atoms. The summed E-state index contributed by atoms with van der Waals surface area (Å²) >= 11 is 0. The van der Waals surface area contributed by atoms with E-state index in [0.717, 1.165) is 12.5 Å². The van der Waals surface area contributed by atoms with Gasteiger partial charge < -0.3 is 9.88 Å². The molecule has 0 atom stereocenters. The molecule has 0 aliphatic heterocycles. The lowest BCUT2D eigenvalue weighted by Crippen LogP contribution is -2.18. The van der Waals surface area contributed by atoms with Crippen LogP contribution in [0.2, 0.25) is 0 Å². The van der Waals surface area contributed by atoms with Crippen molar-refractivity contribution in [1.29, 1.82) is 0 Å². The summed E-state index contributed by atoms with van der Waals surface area (Å²) in [4.78, 5) is 27.5. The van der Waals surface area contributed by atoms with Crippen LogP contribution in [0.5, 0.6) is 0 Å². The zero-order valence-corrected chi connectivity index (χ0v) is 16.3. The molecular formula is C16H14F3N7O3S. The normalized spacial score (nSPS) is 11.9. The largest absolute Gasteiger partial charge is 0.433 e. The Morgan fingerprint density at radius 3 is 2.43 bits per heavy atom. The number of hydrogen-bond acceptors (Lipinski definition) is 7. The van der Waals surface area contributed by atoms with Crippen molar-refractivity contribution in [3.8, 4) is 11.5 Å². The third kappa shape index (κ3) is 5.08. The predicted octanol–water partition coefficient (Wildman–Crippen LogP) is 1.91. The number of halogens is 3. The maximum atomic E-state index is 13.2. The Bertz CT molecular complexity index is 1190. The fourth-order valence-electron chi connectivity index (χ4n) is 2.31. The first-order valence-corrected chi connectivity index (χ1v) is 10.00. The molecule has 0 spiro atoms. The highest BCUT2D eigenvalue weighted by Crippen LogP contribution is 2.29. The van der Waals surface area contributed by atoms with Gasteiger partial charge in [0.2, 0.25) is 10.0 Å². The number of aryl methyl sites for hydroxylation is 1. The van der Waals surface area contributed by atoms with Crippen LogP contribution >= 0.6 is 0 Å². The van der Waals surface area contributed by atoms with Crippen molar-refractivity contribution in [3.05, 3.63) is 48.3 Å². The van der Waals surface area contributed by atoms with Crippen molar-refractivity contribution in [2.75, 3.05) is 16.3 Å². The standard InChI is InChI=1S/C16H14F3N7O3S/c1-26-8-20-7-11(26)14-23-10(5-12(24-14)16(17,18)19)15(27)22-9-3-4-13(21-6-9)25-30(2,28)29/h3-8H,1-2H3,(H,21,25)(H,22,27). The smallest absolute Gasteiger partial charge is 0.331 e. The van der Waals surface area contributed by atoms with Crippen molar-refractivity contribution in [1.82, 2.24) is 24.5 Å². The molecule has 0 saturated heterocycles. The van der Waals surface area contributed by atoms with Gasteiger partial charge in [-0.3, -0.25) is 9.52 Å². The van der Waals surface area contributed by atoms with Crippen LogP contribution in [0.15, 0.2) is 36.9 Å². The van der Waals surface area contributed by atoms with Gasteiger partial charge in [-0.05, 0) is 12.1 Å². The third-order valence-corrected chi connectivity index (χ3v) is 4.19. The number of carbonyl (C=O) groups excluding carboxylic acids is 1. The third-order valence-electron chi connectivity index (χ3n) is 3.61. The minimum absolute atomic E-state index is 0.00962. The molecule has 3 aromatic rings. The number of carbonyl (C=O) groups is 1. The SMILES string of the molecule is Cn1cncc1-c1nc(C(=O)Nc2ccc(NS(C)(=O)=O)nc2)cc(C(F)(F)F)n1. The topological polar surface area (TPSA) is 132 Å². The van der Waals surface area contributed by atoms with Crippen LogP contribution in [0.4, 0.5) is 24.7 Å². The van der Waals surface area contributed by atoms with Gasteiger partial charge in [-0.2, -0.15) is 13.2 Å². The molecule has 0 bridgehead atoms. The second kappa shape index (κ2) is 7.70. The first kappa shape index (κ1) is 21.2. The highest BCUT2D eigenvalue weighted by Gasteiger charge is 2.34. The summed E-state index contributed by atoms with van der Waals surface area (Å²) in [5.74, 6) is -1.24. The summed E-state index contributed by atoms with van der Waals surface area (Å²) < 4.78 is 65.7. The zero-order chi connectivity index (χ0) is 22.1. The maximum absolute atomic E-state index is 13.2. The molecule has 10 nitrogen and oxygen atoms in total. The molecule has 0 saturated carbocycles. The molecule has 158 valence electrons. The number of amides is 1. The molecule has 3 aromatic heterocycles. The Kier molecular flexibility index (Phi) is 5.43. The van der Waals surface area contributed by atoms with Gasteiger partial charge in [0.25, 0.3) is 5.91 Å². The Labute approximate surface area is 168 Å². The summed E-state index contributed by atoms with van der Waals surface area (Å²) in [6.07, 6.45) is -0.0895. The Morgan fingerprint density at radius 2 is 1.90 bits per heavy atom. The monoisotopic (exact) mass is 441 g/mol. The van der Waals surface area contributed by atoms with Crippen LogP contribution in [0.3, 0.4) is 0 Å². The fraction of sp³-hybridized carbons (Fsp3) is 0.188. The minimum atomic E-state index is -4.80. The van der Waals surface area contributed by atoms with Crippen LogP contribution in [-0.2, 0) is 23.2 Å². The van der Waals surface area contributed by atoms with Gasteiger partial charge in [0.15, 0.2) is 5.82 Å². The number of sulfonamides is 1. The van der Waals surface area contributed by atoms with Crippen molar-refractivity contribution in [2.45, 2.75) is 6.18 Å². The van der Waals surface area contributed by atoms with E-state index in [1.165, 1.54) is 29.2 Å². The van der Waals surface area contributed by atoms with E-state index in [4.69, 9.17) is 0 Å². The fourth-order valence-corrected chi connectivity index (χ4v) is 2.81. The molecule has 0 aromatic carbocycles. The molecule has 2 N–H and O–H groups in total. The number of pyridine rings is 1. The summed E-state index contributed by atoms with van der Waals surface area (Å²) in [6, 6.07) is 3.13. The lowest BCUT2D eigenvalue weighted by molar-refractivity contribution is -0.141. The number of hydrogen-bond donors (Lipinski definition) is 2. The molecule has 0 fully saturated rings. The summed E-state index contributed by atoms with van der Waals surface area (Å²) in [6.45, 7) is 0. The molecular weight excluding hydrogens is 427 g/mol. The van der Waals surface area contributed by atoms with Gasteiger partial charge >= 0.3 is 6.18 Å². The van der Waals surface area contributed by atoms with E-state index in [1.807, 2.05) is 0 Å². The first-order chi connectivity index (χ1) is 13.9. The van der Waals surface area contributed by atoms with E-state index < -0.39 is 33.5 Å². The highest BCUT2D eigenvalue weighted by atomic mass is 32.2.